The molecule has 0 saturated heterocycles. The van der Waals surface area contributed by atoms with E-state index in [1.807, 2.05) is 30.3 Å². The number of methoxy groups -OCH3 is 1. The molecule has 0 aliphatic rings. The van der Waals surface area contributed by atoms with E-state index >= 15 is 0 Å². The van der Waals surface area contributed by atoms with Gasteiger partial charge in [0.05, 0.1) is 0 Å². The predicted molar refractivity (Wildman–Crippen MR) is 117 cm³/mol. The van der Waals surface area contributed by atoms with Crippen molar-refractivity contribution in [2.75, 3.05) is 27.3 Å². The number of guanidine groups is 1. The highest BCUT2D eigenvalue weighted by molar-refractivity contribution is 14.0. The molecule has 0 spiro atoms. The van der Waals surface area contributed by atoms with Gasteiger partial charge in [-0.15, -0.1) is 24.0 Å². The molecule has 0 saturated carbocycles. The van der Waals surface area contributed by atoms with E-state index in [-0.39, 0.29) is 24.0 Å². The minimum absolute atomic E-state index is 0. The second kappa shape index (κ2) is 13.4. The van der Waals surface area contributed by atoms with E-state index < -0.39 is 0 Å². The molecular formula is C20H28IN3O2. The van der Waals surface area contributed by atoms with E-state index in [1.54, 1.807) is 14.2 Å². The maximum atomic E-state index is 5.80. The molecule has 2 aromatic rings. The van der Waals surface area contributed by atoms with Crippen LogP contribution in [0.15, 0.2) is 59.6 Å². The Labute approximate surface area is 173 Å². The molecule has 0 radical (unpaired) electrons. The van der Waals surface area contributed by atoms with Gasteiger partial charge in [-0.1, -0.05) is 42.5 Å². The van der Waals surface area contributed by atoms with Crippen molar-refractivity contribution >= 4 is 29.9 Å². The number of halogens is 1. The lowest BCUT2D eigenvalue weighted by Gasteiger charge is -2.12. The van der Waals surface area contributed by atoms with Crippen molar-refractivity contribution in [3.05, 3.63) is 65.7 Å². The van der Waals surface area contributed by atoms with Crippen molar-refractivity contribution < 1.29 is 9.47 Å². The fourth-order valence-electron chi connectivity index (χ4n) is 2.27. The summed E-state index contributed by atoms with van der Waals surface area (Å²) in [5, 5.41) is 6.56. The smallest absolute Gasteiger partial charge is 0.191 e. The van der Waals surface area contributed by atoms with Gasteiger partial charge in [0.15, 0.2) is 5.96 Å². The Morgan fingerprint density at radius 2 is 1.69 bits per heavy atom. The zero-order valence-corrected chi connectivity index (χ0v) is 17.7. The minimum Gasteiger partial charge on any atom is -0.489 e. The Bertz CT molecular complexity index is 633. The van der Waals surface area contributed by atoms with Crippen LogP contribution in [-0.4, -0.2) is 33.3 Å². The molecule has 0 unspecified atom stereocenters. The molecule has 0 amide bonds. The summed E-state index contributed by atoms with van der Waals surface area (Å²) in [5.74, 6) is 1.66. The van der Waals surface area contributed by atoms with Crippen LogP contribution in [0.5, 0.6) is 5.75 Å². The monoisotopic (exact) mass is 469 g/mol. The SMILES string of the molecule is CN=C(NCCCOC)NCc1ccc(OCc2ccccc2)cc1.I. The molecule has 142 valence electrons. The van der Waals surface area contributed by atoms with E-state index in [9.17, 15) is 0 Å². The van der Waals surface area contributed by atoms with E-state index in [2.05, 4.69) is 39.9 Å². The molecule has 0 aliphatic carbocycles. The van der Waals surface area contributed by atoms with Crippen LogP contribution in [0.2, 0.25) is 0 Å². The number of hydrogen-bond donors (Lipinski definition) is 2. The number of ether oxygens (including phenoxy) is 2. The van der Waals surface area contributed by atoms with Crippen LogP contribution in [0, 0.1) is 0 Å². The summed E-state index contributed by atoms with van der Waals surface area (Å²) in [4.78, 5) is 4.21. The number of nitrogens with one attached hydrogen (secondary N) is 2. The van der Waals surface area contributed by atoms with Gasteiger partial charge in [0.25, 0.3) is 0 Å². The lowest BCUT2D eigenvalue weighted by atomic mass is 10.2. The molecule has 0 aromatic heterocycles. The fourth-order valence-corrected chi connectivity index (χ4v) is 2.27. The second-order valence-electron chi connectivity index (χ2n) is 5.62. The molecule has 0 bridgehead atoms. The first-order valence-electron chi connectivity index (χ1n) is 8.51. The summed E-state index contributed by atoms with van der Waals surface area (Å²) >= 11 is 0. The summed E-state index contributed by atoms with van der Waals surface area (Å²) in [5.41, 5.74) is 2.34. The van der Waals surface area contributed by atoms with Gasteiger partial charge in [-0.05, 0) is 29.7 Å². The first kappa shape index (κ1) is 22.2. The Balaban J connectivity index is 0.00000338. The average molecular weight is 469 g/mol. The van der Waals surface area contributed by atoms with Gasteiger partial charge in [-0.2, -0.15) is 0 Å². The van der Waals surface area contributed by atoms with Crippen molar-refractivity contribution in [3.63, 3.8) is 0 Å². The van der Waals surface area contributed by atoms with Crippen LogP contribution in [0.3, 0.4) is 0 Å². The molecule has 5 nitrogen and oxygen atoms in total. The van der Waals surface area contributed by atoms with Crippen molar-refractivity contribution in [1.82, 2.24) is 10.6 Å². The molecule has 0 aliphatic heterocycles. The van der Waals surface area contributed by atoms with Crippen LogP contribution in [0.1, 0.15) is 17.5 Å². The van der Waals surface area contributed by atoms with E-state index in [1.165, 1.54) is 5.56 Å². The summed E-state index contributed by atoms with van der Waals surface area (Å²) in [6.07, 6.45) is 0.949. The zero-order valence-electron chi connectivity index (χ0n) is 15.4. The predicted octanol–water partition coefficient (Wildman–Crippen LogP) is 3.59. The summed E-state index contributed by atoms with van der Waals surface area (Å²) in [6.45, 7) is 2.87. The highest BCUT2D eigenvalue weighted by Gasteiger charge is 2.00. The zero-order chi connectivity index (χ0) is 17.7. The van der Waals surface area contributed by atoms with Crippen molar-refractivity contribution in [1.29, 1.82) is 0 Å². The molecule has 2 rings (SSSR count). The topological polar surface area (TPSA) is 54.9 Å². The van der Waals surface area contributed by atoms with Gasteiger partial charge in [0.2, 0.25) is 0 Å². The summed E-state index contributed by atoms with van der Waals surface area (Å²) < 4.78 is 10.8. The standard InChI is InChI=1S/C20H27N3O2.HI/c1-21-20(22-13-6-14-24-2)23-15-17-9-11-19(12-10-17)25-16-18-7-4-3-5-8-18;/h3-5,7-12H,6,13-16H2,1-2H3,(H2,21,22,23);1H. The highest BCUT2D eigenvalue weighted by atomic mass is 127. The van der Waals surface area contributed by atoms with E-state index in [0.717, 1.165) is 36.8 Å². The molecule has 2 aromatic carbocycles. The van der Waals surface area contributed by atoms with Gasteiger partial charge < -0.3 is 20.1 Å². The maximum absolute atomic E-state index is 5.80. The minimum atomic E-state index is 0. The third-order valence-corrected chi connectivity index (χ3v) is 3.67. The van der Waals surface area contributed by atoms with Gasteiger partial charge in [-0.25, -0.2) is 0 Å². The van der Waals surface area contributed by atoms with Crippen LogP contribution >= 0.6 is 24.0 Å². The molecule has 26 heavy (non-hydrogen) atoms. The Morgan fingerprint density at radius 1 is 0.962 bits per heavy atom. The number of rotatable bonds is 9. The van der Waals surface area contributed by atoms with Gasteiger partial charge in [0.1, 0.15) is 12.4 Å². The van der Waals surface area contributed by atoms with Gasteiger partial charge in [-0.3, -0.25) is 4.99 Å². The van der Waals surface area contributed by atoms with E-state index in [0.29, 0.717) is 13.2 Å². The lowest BCUT2D eigenvalue weighted by molar-refractivity contribution is 0.195. The molecule has 2 N–H and O–H groups in total. The van der Waals surface area contributed by atoms with Crippen LogP contribution < -0.4 is 15.4 Å². The van der Waals surface area contributed by atoms with E-state index in [4.69, 9.17) is 9.47 Å². The van der Waals surface area contributed by atoms with Crippen LogP contribution in [-0.2, 0) is 17.9 Å². The van der Waals surface area contributed by atoms with Crippen LogP contribution in [0.4, 0.5) is 0 Å². The third kappa shape index (κ3) is 8.53. The fraction of sp³-hybridized carbons (Fsp3) is 0.350. The molecule has 0 fully saturated rings. The third-order valence-electron chi connectivity index (χ3n) is 3.67. The Morgan fingerprint density at radius 3 is 2.35 bits per heavy atom. The second-order valence-corrected chi connectivity index (χ2v) is 5.62. The number of aliphatic imine (C=N–C) groups is 1. The Hall–Kier alpha value is -1.80. The summed E-state index contributed by atoms with van der Waals surface area (Å²) in [6, 6.07) is 18.3. The molecule has 0 atom stereocenters. The Kier molecular flexibility index (Phi) is 11.5. The quantitative estimate of drug-likeness (QED) is 0.255. The summed E-state index contributed by atoms with van der Waals surface area (Å²) in [7, 11) is 3.48. The van der Waals surface area contributed by atoms with Crippen LogP contribution in [0.25, 0.3) is 0 Å². The maximum Gasteiger partial charge on any atom is 0.191 e. The largest absolute Gasteiger partial charge is 0.489 e. The molecular weight excluding hydrogens is 441 g/mol. The average Bonchev–Trinajstić information content (AvgIpc) is 2.67. The van der Waals surface area contributed by atoms with Crippen molar-refractivity contribution in [2.45, 2.75) is 19.6 Å². The first-order chi connectivity index (χ1) is 12.3. The van der Waals surface area contributed by atoms with Crippen molar-refractivity contribution in [3.8, 4) is 5.75 Å². The highest BCUT2D eigenvalue weighted by Crippen LogP contribution is 2.14. The van der Waals surface area contributed by atoms with Gasteiger partial charge in [0, 0.05) is 33.9 Å². The number of hydrogen-bond acceptors (Lipinski definition) is 3. The normalized spacial score (nSPS) is 10.8. The molecule has 6 heteroatoms. The lowest BCUT2D eigenvalue weighted by Crippen LogP contribution is -2.37. The first-order valence-corrected chi connectivity index (χ1v) is 8.51. The van der Waals surface area contributed by atoms with Gasteiger partial charge >= 0.3 is 0 Å². The van der Waals surface area contributed by atoms with Crippen molar-refractivity contribution in [2.24, 2.45) is 4.99 Å². The molecule has 0 heterocycles. The number of benzene rings is 2. The number of nitrogens with zero attached hydrogens (tertiary/aromatic N) is 1.